The molecule has 3 rings (SSSR count). The number of hydrogen-bond acceptors (Lipinski definition) is 5. The van der Waals surface area contributed by atoms with Crippen LogP contribution in [0.1, 0.15) is 17.5 Å². The quantitative estimate of drug-likeness (QED) is 0.416. The van der Waals surface area contributed by atoms with Crippen LogP contribution in [0, 0.1) is 0 Å². The van der Waals surface area contributed by atoms with Crippen molar-refractivity contribution in [2.24, 2.45) is 0 Å². The standard InChI is InChI=1S/C21H20F3N3O3S/c1-30-19(29)9-10-25-18(28)13-31-20-26-16-11-15(21(22,23)24)7-8-17(16)27(20)12-14-5-3-2-4-6-14/h2-8,11H,9-10,12-13H2,1H3,(H,25,28). The minimum absolute atomic E-state index is 0.00537. The van der Waals surface area contributed by atoms with E-state index >= 15 is 0 Å². The number of thioether (sulfide) groups is 1. The molecule has 0 bridgehead atoms. The molecule has 0 radical (unpaired) electrons. The van der Waals surface area contributed by atoms with E-state index in [9.17, 15) is 22.8 Å². The van der Waals surface area contributed by atoms with Crippen molar-refractivity contribution < 1.29 is 27.5 Å². The van der Waals surface area contributed by atoms with Crippen molar-refractivity contribution in [3.63, 3.8) is 0 Å². The first kappa shape index (κ1) is 22.7. The number of methoxy groups -OCH3 is 1. The largest absolute Gasteiger partial charge is 0.469 e. The van der Waals surface area contributed by atoms with Crippen LogP contribution in [0.25, 0.3) is 11.0 Å². The Morgan fingerprint density at radius 1 is 1.16 bits per heavy atom. The molecule has 1 aromatic heterocycles. The van der Waals surface area contributed by atoms with Crippen molar-refractivity contribution in [3.8, 4) is 0 Å². The first-order valence-corrected chi connectivity index (χ1v) is 10.3. The van der Waals surface area contributed by atoms with Gasteiger partial charge in [0.1, 0.15) is 0 Å². The fourth-order valence-electron chi connectivity index (χ4n) is 2.90. The zero-order valence-corrected chi connectivity index (χ0v) is 17.4. The zero-order chi connectivity index (χ0) is 22.4. The number of imidazole rings is 1. The molecule has 0 aliphatic heterocycles. The number of carbonyl (C=O) groups excluding carboxylic acids is 2. The van der Waals surface area contributed by atoms with Gasteiger partial charge in [-0.2, -0.15) is 13.2 Å². The first-order chi connectivity index (χ1) is 14.8. The number of fused-ring (bicyclic) bond motifs is 1. The Morgan fingerprint density at radius 2 is 1.90 bits per heavy atom. The maximum absolute atomic E-state index is 13.1. The molecule has 0 fully saturated rings. The molecule has 31 heavy (non-hydrogen) atoms. The number of nitrogens with one attached hydrogen (secondary N) is 1. The number of nitrogens with zero attached hydrogens (tertiary/aromatic N) is 2. The number of halogens is 3. The molecule has 2 aromatic carbocycles. The molecular weight excluding hydrogens is 431 g/mol. The molecule has 0 aliphatic carbocycles. The highest BCUT2D eigenvalue weighted by Crippen LogP contribution is 2.33. The Kier molecular flexibility index (Phi) is 7.21. The summed E-state index contributed by atoms with van der Waals surface area (Å²) in [7, 11) is 1.27. The Labute approximate surface area is 180 Å². The highest BCUT2D eigenvalue weighted by atomic mass is 32.2. The summed E-state index contributed by atoms with van der Waals surface area (Å²) in [5, 5.41) is 3.04. The number of ether oxygens (including phenoxy) is 1. The molecular formula is C21H20F3N3O3S. The molecule has 1 N–H and O–H groups in total. The summed E-state index contributed by atoms with van der Waals surface area (Å²) in [4.78, 5) is 27.6. The topological polar surface area (TPSA) is 73.2 Å². The average molecular weight is 451 g/mol. The van der Waals surface area contributed by atoms with Crippen LogP contribution in [0.5, 0.6) is 0 Å². The fourth-order valence-corrected chi connectivity index (χ4v) is 3.74. The van der Waals surface area contributed by atoms with E-state index in [0.29, 0.717) is 17.2 Å². The third-order valence-corrected chi connectivity index (χ3v) is 5.41. The molecule has 1 heterocycles. The summed E-state index contributed by atoms with van der Waals surface area (Å²) in [6, 6.07) is 12.9. The van der Waals surface area contributed by atoms with Gasteiger partial charge in [-0.05, 0) is 23.8 Å². The van der Waals surface area contributed by atoms with Gasteiger partial charge in [0, 0.05) is 6.54 Å². The van der Waals surface area contributed by atoms with Crippen LogP contribution in [-0.4, -0.2) is 40.8 Å². The highest BCUT2D eigenvalue weighted by Gasteiger charge is 2.31. The lowest BCUT2D eigenvalue weighted by atomic mass is 10.2. The monoisotopic (exact) mass is 451 g/mol. The van der Waals surface area contributed by atoms with E-state index in [-0.39, 0.29) is 30.1 Å². The lowest BCUT2D eigenvalue weighted by Crippen LogP contribution is -2.28. The summed E-state index contributed by atoms with van der Waals surface area (Å²) in [6.07, 6.45) is -4.41. The summed E-state index contributed by atoms with van der Waals surface area (Å²) in [6.45, 7) is 0.538. The second-order valence-corrected chi connectivity index (χ2v) is 7.57. The van der Waals surface area contributed by atoms with Gasteiger partial charge in [-0.25, -0.2) is 4.98 Å². The number of benzene rings is 2. The number of hydrogen-bond donors (Lipinski definition) is 1. The van der Waals surface area contributed by atoms with Crippen LogP contribution < -0.4 is 5.32 Å². The average Bonchev–Trinajstić information content (AvgIpc) is 3.09. The molecule has 164 valence electrons. The van der Waals surface area contributed by atoms with E-state index in [1.54, 1.807) is 4.57 Å². The normalized spacial score (nSPS) is 11.5. The van der Waals surface area contributed by atoms with Crippen LogP contribution in [-0.2, 0) is 27.0 Å². The Bertz CT molecular complexity index is 1070. The minimum Gasteiger partial charge on any atom is -0.469 e. The van der Waals surface area contributed by atoms with Crippen molar-refractivity contribution in [2.75, 3.05) is 19.4 Å². The summed E-state index contributed by atoms with van der Waals surface area (Å²) >= 11 is 1.12. The minimum atomic E-state index is -4.47. The van der Waals surface area contributed by atoms with Crippen LogP contribution in [0.2, 0.25) is 0 Å². The van der Waals surface area contributed by atoms with E-state index < -0.39 is 17.7 Å². The maximum atomic E-state index is 13.1. The van der Waals surface area contributed by atoms with Gasteiger partial charge < -0.3 is 14.6 Å². The summed E-state index contributed by atoms with van der Waals surface area (Å²) in [5.74, 6) is -0.743. The van der Waals surface area contributed by atoms with E-state index in [4.69, 9.17) is 0 Å². The molecule has 0 saturated carbocycles. The van der Waals surface area contributed by atoms with Crippen LogP contribution in [0.4, 0.5) is 13.2 Å². The zero-order valence-electron chi connectivity index (χ0n) is 16.6. The number of aromatic nitrogens is 2. The molecule has 1 amide bonds. The SMILES string of the molecule is COC(=O)CCNC(=O)CSc1nc2cc(C(F)(F)F)ccc2n1Cc1ccccc1. The lowest BCUT2D eigenvalue weighted by Gasteiger charge is -2.10. The Balaban J connectivity index is 1.81. The number of rotatable bonds is 8. The van der Waals surface area contributed by atoms with Gasteiger partial charge in [0.2, 0.25) is 5.91 Å². The Morgan fingerprint density at radius 3 is 2.58 bits per heavy atom. The molecule has 0 aliphatic rings. The maximum Gasteiger partial charge on any atom is 0.416 e. The molecule has 0 unspecified atom stereocenters. The van der Waals surface area contributed by atoms with Gasteiger partial charge in [0.25, 0.3) is 0 Å². The van der Waals surface area contributed by atoms with Crippen LogP contribution >= 0.6 is 11.8 Å². The van der Waals surface area contributed by atoms with Gasteiger partial charge in [-0.3, -0.25) is 9.59 Å². The lowest BCUT2D eigenvalue weighted by molar-refractivity contribution is -0.140. The van der Waals surface area contributed by atoms with E-state index in [1.807, 2.05) is 30.3 Å². The molecule has 3 aromatic rings. The first-order valence-electron chi connectivity index (χ1n) is 9.35. The second-order valence-electron chi connectivity index (χ2n) is 6.63. The van der Waals surface area contributed by atoms with Gasteiger partial charge in [-0.15, -0.1) is 0 Å². The van der Waals surface area contributed by atoms with Gasteiger partial charge in [-0.1, -0.05) is 42.1 Å². The summed E-state index contributed by atoms with van der Waals surface area (Å²) < 4.78 is 45.6. The molecule has 10 heteroatoms. The van der Waals surface area contributed by atoms with Crippen LogP contribution in [0.15, 0.2) is 53.7 Å². The molecule has 0 spiro atoms. The smallest absolute Gasteiger partial charge is 0.416 e. The predicted octanol–water partition coefficient (Wildman–Crippen LogP) is 3.87. The van der Waals surface area contributed by atoms with Crippen LogP contribution in [0.3, 0.4) is 0 Å². The fraction of sp³-hybridized carbons (Fsp3) is 0.286. The van der Waals surface area contributed by atoms with E-state index in [0.717, 1.165) is 29.5 Å². The van der Waals surface area contributed by atoms with Crippen molar-refractivity contribution in [1.82, 2.24) is 14.9 Å². The molecule has 6 nitrogen and oxygen atoms in total. The number of esters is 1. The Hall–Kier alpha value is -3.01. The number of amides is 1. The summed E-state index contributed by atoms with van der Waals surface area (Å²) in [5.41, 5.74) is 0.928. The highest BCUT2D eigenvalue weighted by molar-refractivity contribution is 7.99. The van der Waals surface area contributed by atoms with Gasteiger partial charge >= 0.3 is 12.1 Å². The van der Waals surface area contributed by atoms with Crippen molar-refractivity contribution in [1.29, 1.82) is 0 Å². The van der Waals surface area contributed by atoms with Crippen molar-refractivity contribution >= 4 is 34.7 Å². The van der Waals surface area contributed by atoms with E-state index in [2.05, 4.69) is 15.0 Å². The van der Waals surface area contributed by atoms with Gasteiger partial charge in [0.15, 0.2) is 5.16 Å². The number of alkyl halides is 3. The third-order valence-electron chi connectivity index (χ3n) is 4.44. The third kappa shape index (κ3) is 6.00. The number of carbonyl (C=O) groups is 2. The molecule has 0 atom stereocenters. The van der Waals surface area contributed by atoms with Crippen molar-refractivity contribution in [2.45, 2.75) is 24.3 Å². The van der Waals surface area contributed by atoms with Crippen molar-refractivity contribution in [3.05, 3.63) is 59.7 Å². The second kappa shape index (κ2) is 9.86. The van der Waals surface area contributed by atoms with E-state index in [1.165, 1.54) is 13.2 Å². The predicted molar refractivity (Wildman–Crippen MR) is 111 cm³/mol. The van der Waals surface area contributed by atoms with Gasteiger partial charge in [0.05, 0.1) is 42.4 Å². The molecule has 0 saturated heterocycles.